The highest BCUT2D eigenvalue weighted by Gasteiger charge is 2.49. The molecule has 1 aliphatic heterocycles. The van der Waals surface area contributed by atoms with Gasteiger partial charge in [-0.25, -0.2) is 0 Å². The first-order chi connectivity index (χ1) is 20.0. The third-order valence-corrected chi connectivity index (χ3v) is 6.64. The van der Waals surface area contributed by atoms with Gasteiger partial charge in [-0.15, -0.1) is 0 Å². The molecule has 1 saturated heterocycles. The molecular formula is C32H39NO8. The van der Waals surface area contributed by atoms with Crippen molar-refractivity contribution >= 4 is 5.91 Å². The van der Waals surface area contributed by atoms with Crippen molar-refractivity contribution in [1.82, 2.24) is 5.32 Å². The molecule has 0 aromatic heterocycles. The highest BCUT2D eigenvalue weighted by molar-refractivity contribution is 5.73. The maximum atomic E-state index is 12.3. The second-order valence-corrected chi connectivity index (χ2v) is 9.96. The lowest BCUT2D eigenvalue weighted by atomic mass is 9.95. The van der Waals surface area contributed by atoms with Gasteiger partial charge in [0.1, 0.15) is 30.5 Å². The van der Waals surface area contributed by atoms with Crippen LogP contribution >= 0.6 is 0 Å². The molecular weight excluding hydrogens is 526 g/mol. The highest BCUT2D eigenvalue weighted by atomic mass is 16.7. The molecule has 3 aromatic carbocycles. The van der Waals surface area contributed by atoms with Gasteiger partial charge in [-0.1, -0.05) is 91.0 Å². The molecule has 1 aliphatic rings. The molecule has 0 bridgehead atoms. The molecule has 9 nitrogen and oxygen atoms in total. The van der Waals surface area contributed by atoms with E-state index in [1.165, 1.54) is 6.92 Å². The fourth-order valence-corrected chi connectivity index (χ4v) is 4.63. The highest BCUT2D eigenvalue weighted by Crippen LogP contribution is 2.29. The second-order valence-electron chi connectivity index (χ2n) is 9.96. The Morgan fingerprint density at radius 3 is 1.88 bits per heavy atom. The van der Waals surface area contributed by atoms with Crippen molar-refractivity contribution < 1.29 is 38.7 Å². The van der Waals surface area contributed by atoms with E-state index in [-0.39, 0.29) is 32.3 Å². The lowest BCUT2D eigenvalue weighted by Gasteiger charge is -2.46. The van der Waals surface area contributed by atoms with Crippen LogP contribution in [-0.2, 0) is 48.3 Å². The summed E-state index contributed by atoms with van der Waals surface area (Å²) in [6, 6.07) is 28.3. The first kappa shape index (κ1) is 30.8. The number of rotatable bonds is 15. The van der Waals surface area contributed by atoms with Crippen LogP contribution in [0.5, 0.6) is 0 Å². The second kappa shape index (κ2) is 16.3. The van der Waals surface area contributed by atoms with Gasteiger partial charge in [-0.3, -0.25) is 4.79 Å². The van der Waals surface area contributed by atoms with E-state index in [0.717, 1.165) is 16.7 Å². The van der Waals surface area contributed by atoms with E-state index in [4.69, 9.17) is 23.7 Å². The van der Waals surface area contributed by atoms with Crippen LogP contribution in [-0.4, -0.2) is 72.7 Å². The van der Waals surface area contributed by atoms with Gasteiger partial charge < -0.3 is 39.2 Å². The van der Waals surface area contributed by atoms with Gasteiger partial charge in [0.15, 0.2) is 6.29 Å². The number of aliphatic hydroxyl groups excluding tert-OH is 2. The lowest BCUT2D eigenvalue weighted by Crippen LogP contribution is -2.66. The van der Waals surface area contributed by atoms with Gasteiger partial charge in [0.05, 0.1) is 39.6 Å². The topological polar surface area (TPSA) is 116 Å². The monoisotopic (exact) mass is 565 g/mol. The van der Waals surface area contributed by atoms with Crippen LogP contribution in [0, 0.1) is 0 Å². The molecule has 0 spiro atoms. The average molecular weight is 566 g/mol. The Balaban J connectivity index is 1.59. The number of hydrogen-bond acceptors (Lipinski definition) is 8. The van der Waals surface area contributed by atoms with Crippen molar-refractivity contribution in [3.8, 4) is 0 Å². The molecule has 41 heavy (non-hydrogen) atoms. The Morgan fingerprint density at radius 2 is 1.34 bits per heavy atom. The fourth-order valence-electron chi connectivity index (χ4n) is 4.63. The van der Waals surface area contributed by atoms with Crippen molar-refractivity contribution in [3.63, 3.8) is 0 Å². The summed E-state index contributed by atoms with van der Waals surface area (Å²) in [6.07, 6.45) is -4.14. The number of ether oxygens (including phenoxy) is 5. The average Bonchev–Trinajstić information content (AvgIpc) is 3.00. The van der Waals surface area contributed by atoms with Crippen LogP contribution in [0.2, 0.25) is 0 Å². The summed E-state index contributed by atoms with van der Waals surface area (Å²) in [5.74, 6) is -0.302. The number of carbonyl (C=O) groups is 1. The molecule has 1 unspecified atom stereocenters. The summed E-state index contributed by atoms with van der Waals surface area (Å²) < 4.78 is 31.3. The summed E-state index contributed by atoms with van der Waals surface area (Å²) >= 11 is 0. The molecule has 220 valence electrons. The van der Waals surface area contributed by atoms with E-state index >= 15 is 0 Å². The Morgan fingerprint density at radius 1 is 0.805 bits per heavy atom. The number of amides is 1. The van der Waals surface area contributed by atoms with Crippen LogP contribution in [0.1, 0.15) is 23.6 Å². The van der Waals surface area contributed by atoms with Crippen molar-refractivity contribution in [2.75, 3.05) is 19.8 Å². The van der Waals surface area contributed by atoms with E-state index in [1.807, 2.05) is 91.0 Å². The normalized spacial score (nSPS) is 23.1. The molecule has 0 saturated carbocycles. The molecule has 9 heteroatoms. The zero-order chi connectivity index (χ0) is 28.9. The minimum absolute atomic E-state index is 0.161. The molecule has 4 rings (SSSR count). The van der Waals surface area contributed by atoms with E-state index in [0.29, 0.717) is 6.61 Å². The minimum atomic E-state index is -1.11. The van der Waals surface area contributed by atoms with Gasteiger partial charge >= 0.3 is 0 Å². The molecule has 0 radical (unpaired) electrons. The van der Waals surface area contributed by atoms with Gasteiger partial charge in [0.25, 0.3) is 0 Å². The van der Waals surface area contributed by atoms with Crippen molar-refractivity contribution in [1.29, 1.82) is 0 Å². The van der Waals surface area contributed by atoms with Gasteiger partial charge in [-0.2, -0.15) is 0 Å². The van der Waals surface area contributed by atoms with Crippen molar-refractivity contribution in [3.05, 3.63) is 108 Å². The summed E-state index contributed by atoms with van der Waals surface area (Å²) in [6.45, 7) is 1.78. The predicted octanol–water partition coefficient (Wildman–Crippen LogP) is 2.97. The van der Waals surface area contributed by atoms with E-state index in [9.17, 15) is 15.0 Å². The smallest absolute Gasteiger partial charge is 0.217 e. The zero-order valence-corrected chi connectivity index (χ0v) is 23.2. The third-order valence-electron chi connectivity index (χ3n) is 6.64. The summed E-state index contributed by atoms with van der Waals surface area (Å²) in [5.41, 5.74) is 2.89. The van der Waals surface area contributed by atoms with Crippen molar-refractivity contribution in [2.45, 2.75) is 63.5 Å². The van der Waals surface area contributed by atoms with Gasteiger partial charge in [0.2, 0.25) is 5.91 Å². The number of aliphatic hydroxyl groups is 2. The Hall–Kier alpha value is -3.15. The minimum Gasteiger partial charge on any atom is -0.394 e. The Labute approximate surface area is 241 Å². The zero-order valence-electron chi connectivity index (χ0n) is 23.2. The summed E-state index contributed by atoms with van der Waals surface area (Å²) in [7, 11) is 0. The van der Waals surface area contributed by atoms with Crippen LogP contribution in [0.25, 0.3) is 0 Å². The first-order valence-electron chi connectivity index (χ1n) is 13.8. The van der Waals surface area contributed by atoms with Gasteiger partial charge in [0, 0.05) is 6.92 Å². The van der Waals surface area contributed by atoms with E-state index in [1.54, 1.807) is 0 Å². The molecule has 1 amide bonds. The standard InChI is InChI=1S/C32H39NO8/c1-23(35)33-29-31(39-21-27(36)17-34)30(38-19-25-13-7-3-8-14-25)28(22-37-18-24-11-5-2-6-12-24)41-32(29)40-20-26-15-9-4-10-16-26/h2-16,27-32,34,36H,17-22H2,1H3,(H,33,35)/t27?,28-,29+,30-,31-,32+/m1/s1. The third kappa shape index (κ3) is 9.72. The molecule has 1 heterocycles. The van der Waals surface area contributed by atoms with Gasteiger partial charge in [-0.05, 0) is 16.7 Å². The van der Waals surface area contributed by atoms with E-state index in [2.05, 4.69) is 5.32 Å². The largest absolute Gasteiger partial charge is 0.394 e. The molecule has 6 atom stereocenters. The van der Waals surface area contributed by atoms with Crippen LogP contribution in [0.15, 0.2) is 91.0 Å². The maximum absolute atomic E-state index is 12.3. The number of benzene rings is 3. The number of nitrogens with one attached hydrogen (secondary N) is 1. The number of carbonyl (C=O) groups excluding carboxylic acids is 1. The summed E-state index contributed by atoms with van der Waals surface area (Å²) in [4.78, 5) is 12.3. The quantitative estimate of drug-likeness (QED) is 0.258. The molecule has 0 aliphatic carbocycles. The van der Waals surface area contributed by atoms with Crippen LogP contribution in [0.3, 0.4) is 0 Å². The first-order valence-corrected chi connectivity index (χ1v) is 13.8. The Bertz CT molecular complexity index is 1150. The fraction of sp³-hybridized carbons (Fsp3) is 0.406. The molecule has 3 aromatic rings. The lowest BCUT2D eigenvalue weighted by molar-refractivity contribution is -0.293. The van der Waals surface area contributed by atoms with Crippen LogP contribution in [0.4, 0.5) is 0 Å². The number of hydrogen-bond donors (Lipinski definition) is 3. The van der Waals surface area contributed by atoms with Crippen molar-refractivity contribution in [2.24, 2.45) is 0 Å². The molecule has 3 N–H and O–H groups in total. The SMILES string of the molecule is CC(=O)N[C@@H]1[C@@H](OCc2ccccc2)O[C@H](COCc2ccccc2)[C@@H](OCc2ccccc2)[C@@H]1OCC(O)CO. The van der Waals surface area contributed by atoms with Crippen LogP contribution < -0.4 is 5.32 Å². The Kier molecular flexibility index (Phi) is 12.3. The summed E-state index contributed by atoms with van der Waals surface area (Å²) in [5, 5.41) is 22.5. The molecule has 1 fully saturated rings. The van der Waals surface area contributed by atoms with E-state index < -0.39 is 43.4 Å². The predicted molar refractivity (Wildman–Crippen MR) is 151 cm³/mol. The maximum Gasteiger partial charge on any atom is 0.217 e.